The van der Waals surface area contributed by atoms with E-state index in [2.05, 4.69) is 22.8 Å². The summed E-state index contributed by atoms with van der Waals surface area (Å²) >= 11 is 6.00. The van der Waals surface area contributed by atoms with Crippen LogP contribution in [0.3, 0.4) is 0 Å². The molecule has 26 heavy (non-hydrogen) atoms. The van der Waals surface area contributed by atoms with E-state index in [1.807, 2.05) is 43.3 Å². The standard InChI is InChI=1S/C21H25ClN2O.ClH/c1-15(24-21(25)11-6-16-12-13-23-14-16)19-4-2-3-5-20(19)17-7-9-18(22)10-8-17;/h2-5,7-10,15-16,23H,6,11-14H2,1H3,(H,24,25);1H. The first-order chi connectivity index (χ1) is 12.1. The Bertz CT molecular complexity index is 712. The Morgan fingerprint density at radius 1 is 1.23 bits per heavy atom. The fourth-order valence-corrected chi connectivity index (χ4v) is 3.58. The number of amides is 1. The molecule has 3 nitrogen and oxygen atoms in total. The molecule has 1 aliphatic rings. The Morgan fingerprint density at radius 2 is 1.96 bits per heavy atom. The molecule has 140 valence electrons. The number of rotatable bonds is 6. The number of hydrogen-bond donors (Lipinski definition) is 2. The van der Waals surface area contributed by atoms with Gasteiger partial charge in [0, 0.05) is 11.4 Å². The smallest absolute Gasteiger partial charge is 0.220 e. The molecule has 1 heterocycles. The highest BCUT2D eigenvalue weighted by molar-refractivity contribution is 6.30. The molecule has 0 radical (unpaired) electrons. The van der Waals surface area contributed by atoms with Crippen molar-refractivity contribution in [3.63, 3.8) is 0 Å². The van der Waals surface area contributed by atoms with Crippen LogP contribution in [0.15, 0.2) is 48.5 Å². The Morgan fingerprint density at radius 3 is 2.65 bits per heavy atom. The van der Waals surface area contributed by atoms with Gasteiger partial charge in [-0.15, -0.1) is 12.4 Å². The first kappa shape index (κ1) is 20.8. The summed E-state index contributed by atoms with van der Waals surface area (Å²) in [5.74, 6) is 0.771. The van der Waals surface area contributed by atoms with Crippen LogP contribution in [0.5, 0.6) is 0 Å². The quantitative estimate of drug-likeness (QED) is 0.726. The zero-order valence-corrected chi connectivity index (χ0v) is 16.6. The van der Waals surface area contributed by atoms with Gasteiger partial charge in [0.2, 0.25) is 5.91 Å². The van der Waals surface area contributed by atoms with Crippen molar-refractivity contribution in [2.24, 2.45) is 5.92 Å². The molecule has 0 bridgehead atoms. The first-order valence-corrected chi connectivity index (χ1v) is 9.36. The molecule has 2 atom stereocenters. The molecular weight excluding hydrogens is 367 g/mol. The Labute approximate surface area is 166 Å². The third-order valence-corrected chi connectivity index (χ3v) is 5.15. The summed E-state index contributed by atoms with van der Waals surface area (Å²) in [6.45, 7) is 4.17. The van der Waals surface area contributed by atoms with Gasteiger partial charge in [-0.25, -0.2) is 0 Å². The third kappa shape index (κ3) is 5.47. The van der Waals surface area contributed by atoms with E-state index in [1.54, 1.807) is 0 Å². The van der Waals surface area contributed by atoms with Crippen molar-refractivity contribution in [2.75, 3.05) is 13.1 Å². The molecule has 5 heteroatoms. The van der Waals surface area contributed by atoms with Crippen LogP contribution in [0.25, 0.3) is 11.1 Å². The Balaban J connectivity index is 0.00000243. The van der Waals surface area contributed by atoms with Gasteiger partial charge >= 0.3 is 0 Å². The molecule has 0 saturated carbocycles. The van der Waals surface area contributed by atoms with Gasteiger partial charge in [0.1, 0.15) is 0 Å². The van der Waals surface area contributed by atoms with Crippen LogP contribution in [-0.4, -0.2) is 19.0 Å². The third-order valence-electron chi connectivity index (χ3n) is 4.90. The minimum Gasteiger partial charge on any atom is -0.350 e. The monoisotopic (exact) mass is 392 g/mol. The van der Waals surface area contributed by atoms with Gasteiger partial charge in [0.05, 0.1) is 6.04 Å². The summed E-state index contributed by atoms with van der Waals surface area (Å²) in [5, 5.41) is 7.23. The number of benzene rings is 2. The summed E-state index contributed by atoms with van der Waals surface area (Å²) in [7, 11) is 0. The van der Waals surface area contributed by atoms with E-state index in [0.29, 0.717) is 12.3 Å². The maximum atomic E-state index is 12.3. The normalized spacial score (nSPS) is 17.4. The number of carbonyl (C=O) groups is 1. The number of halogens is 2. The molecule has 0 spiro atoms. The van der Waals surface area contributed by atoms with Crippen LogP contribution in [0.2, 0.25) is 5.02 Å². The van der Waals surface area contributed by atoms with Gasteiger partial charge in [0.15, 0.2) is 0 Å². The van der Waals surface area contributed by atoms with Crippen LogP contribution in [-0.2, 0) is 4.79 Å². The summed E-state index contributed by atoms with van der Waals surface area (Å²) in [6.07, 6.45) is 2.74. The number of nitrogens with one attached hydrogen (secondary N) is 2. The summed E-state index contributed by atoms with van der Waals surface area (Å²) < 4.78 is 0. The number of hydrogen-bond acceptors (Lipinski definition) is 2. The lowest BCUT2D eigenvalue weighted by atomic mass is 9.95. The SMILES string of the molecule is CC(NC(=O)CCC1CCNC1)c1ccccc1-c1ccc(Cl)cc1.Cl. The molecule has 2 unspecified atom stereocenters. The second-order valence-electron chi connectivity index (χ2n) is 6.78. The topological polar surface area (TPSA) is 41.1 Å². The van der Waals surface area contributed by atoms with Gasteiger partial charge in [-0.3, -0.25) is 4.79 Å². The minimum atomic E-state index is -0.0268. The fourth-order valence-electron chi connectivity index (χ4n) is 3.45. The zero-order chi connectivity index (χ0) is 17.6. The van der Waals surface area contributed by atoms with Gasteiger partial charge < -0.3 is 10.6 Å². The summed E-state index contributed by atoms with van der Waals surface area (Å²) in [6, 6.07) is 16.0. The maximum Gasteiger partial charge on any atom is 0.220 e. The van der Waals surface area contributed by atoms with E-state index < -0.39 is 0 Å². The maximum absolute atomic E-state index is 12.3. The average Bonchev–Trinajstić information content (AvgIpc) is 3.14. The summed E-state index contributed by atoms with van der Waals surface area (Å²) in [5.41, 5.74) is 3.37. The average molecular weight is 393 g/mol. The first-order valence-electron chi connectivity index (χ1n) is 8.98. The van der Waals surface area contributed by atoms with E-state index in [1.165, 1.54) is 6.42 Å². The molecular formula is C21H26Cl2N2O. The Hall–Kier alpha value is -1.55. The van der Waals surface area contributed by atoms with Crippen molar-refractivity contribution in [1.82, 2.24) is 10.6 Å². The highest BCUT2D eigenvalue weighted by Gasteiger charge is 2.18. The molecule has 1 amide bonds. The van der Waals surface area contributed by atoms with E-state index in [-0.39, 0.29) is 24.4 Å². The van der Waals surface area contributed by atoms with Crippen LogP contribution in [0.1, 0.15) is 37.8 Å². The van der Waals surface area contributed by atoms with Crippen molar-refractivity contribution in [2.45, 2.75) is 32.2 Å². The minimum absolute atomic E-state index is 0. The van der Waals surface area contributed by atoms with Crippen molar-refractivity contribution in [3.8, 4) is 11.1 Å². The molecule has 1 saturated heterocycles. The van der Waals surface area contributed by atoms with Crippen LogP contribution in [0.4, 0.5) is 0 Å². The molecule has 2 N–H and O–H groups in total. The molecule has 3 rings (SSSR count). The van der Waals surface area contributed by atoms with E-state index in [9.17, 15) is 4.79 Å². The van der Waals surface area contributed by atoms with Crippen molar-refractivity contribution in [3.05, 3.63) is 59.1 Å². The highest BCUT2D eigenvalue weighted by atomic mass is 35.5. The molecule has 1 fully saturated rings. The lowest BCUT2D eigenvalue weighted by molar-refractivity contribution is -0.122. The largest absolute Gasteiger partial charge is 0.350 e. The van der Waals surface area contributed by atoms with Crippen molar-refractivity contribution in [1.29, 1.82) is 0 Å². The second-order valence-corrected chi connectivity index (χ2v) is 7.22. The summed E-state index contributed by atoms with van der Waals surface area (Å²) in [4.78, 5) is 12.3. The molecule has 0 aromatic heterocycles. The van der Waals surface area contributed by atoms with Crippen molar-refractivity contribution >= 4 is 29.9 Å². The number of carbonyl (C=O) groups excluding carboxylic acids is 1. The lowest BCUT2D eigenvalue weighted by Crippen LogP contribution is -2.27. The van der Waals surface area contributed by atoms with Crippen LogP contribution in [0, 0.1) is 5.92 Å². The highest BCUT2D eigenvalue weighted by Crippen LogP contribution is 2.29. The van der Waals surface area contributed by atoms with E-state index >= 15 is 0 Å². The predicted octanol–water partition coefficient (Wildman–Crippen LogP) is 5.00. The van der Waals surface area contributed by atoms with Crippen molar-refractivity contribution < 1.29 is 4.79 Å². The predicted molar refractivity (Wildman–Crippen MR) is 111 cm³/mol. The second kappa shape index (κ2) is 9.96. The van der Waals surface area contributed by atoms with Crippen LogP contribution >= 0.6 is 24.0 Å². The van der Waals surface area contributed by atoms with E-state index in [4.69, 9.17) is 11.6 Å². The van der Waals surface area contributed by atoms with Gasteiger partial charge in [-0.1, -0.05) is 48.0 Å². The molecule has 1 aliphatic heterocycles. The van der Waals surface area contributed by atoms with E-state index in [0.717, 1.165) is 41.2 Å². The van der Waals surface area contributed by atoms with Gasteiger partial charge in [0.25, 0.3) is 0 Å². The van der Waals surface area contributed by atoms with Crippen LogP contribution < -0.4 is 10.6 Å². The Kier molecular flexibility index (Phi) is 7.95. The van der Waals surface area contributed by atoms with Gasteiger partial charge in [-0.2, -0.15) is 0 Å². The zero-order valence-electron chi connectivity index (χ0n) is 15.0. The lowest BCUT2D eigenvalue weighted by Gasteiger charge is -2.19. The molecule has 2 aromatic carbocycles. The molecule has 2 aromatic rings. The fraction of sp³-hybridized carbons (Fsp3) is 0.381. The molecule has 0 aliphatic carbocycles. The van der Waals surface area contributed by atoms with Gasteiger partial charge in [-0.05, 0) is 67.6 Å².